The molecule has 1 unspecified atom stereocenters. The van der Waals surface area contributed by atoms with Gasteiger partial charge in [0.2, 0.25) is 0 Å². The third-order valence-corrected chi connectivity index (χ3v) is 5.55. The molecule has 1 fully saturated rings. The van der Waals surface area contributed by atoms with E-state index in [1.54, 1.807) is 6.20 Å². The number of hydrogen-bond donors (Lipinski definition) is 2. The highest BCUT2D eigenvalue weighted by Gasteiger charge is 2.17. The van der Waals surface area contributed by atoms with Crippen molar-refractivity contribution in [2.24, 2.45) is 4.99 Å². The molecule has 1 aliphatic heterocycles. The van der Waals surface area contributed by atoms with Gasteiger partial charge in [0.1, 0.15) is 12.4 Å². The largest absolute Gasteiger partial charge is 0.487 e. The molecule has 2 heterocycles. The van der Waals surface area contributed by atoms with Crippen molar-refractivity contribution >= 4 is 5.96 Å². The summed E-state index contributed by atoms with van der Waals surface area (Å²) in [6.07, 6.45) is 6.96. The first-order valence-electron chi connectivity index (χ1n) is 11.0. The Morgan fingerprint density at radius 2 is 2.13 bits per heavy atom. The zero-order chi connectivity index (χ0) is 21.0. The molecule has 1 aliphatic rings. The molecule has 0 aliphatic carbocycles. The number of hydrogen-bond acceptors (Lipinski definition) is 4. The fourth-order valence-corrected chi connectivity index (χ4v) is 3.77. The molecule has 2 N–H and O–H groups in total. The summed E-state index contributed by atoms with van der Waals surface area (Å²) in [6, 6.07) is 14.7. The number of aliphatic imine (C=N–C) groups is 1. The molecule has 0 amide bonds. The van der Waals surface area contributed by atoms with Crippen LogP contribution in [0.4, 0.5) is 0 Å². The maximum atomic E-state index is 5.87. The van der Waals surface area contributed by atoms with E-state index in [0.717, 1.165) is 48.5 Å². The number of piperidine rings is 1. The topological polar surface area (TPSA) is 61.8 Å². The minimum Gasteiger partial charge on any atom is -0.487 e. The fourth-order valence-electron chi connectivity index (χ4n) is 3.77. The maximum Gasteiger partial charge on any atom is 0.191 e. The summed E-state index contributed by atoms with van der Waals surface area (Å²) < 4.78 is 5.87. The first-order valence-corrected chi connectivity index (χ1v) is 11.0. The van der Waals surface area contributed by atoms with Crippen molar-refractivity contribution < 1.29 is 4.74 Å². The van der Waals surface area contributed by atoms with Crippen LogP contribution in [-0.2, 0) is 13.2 Å². The standard InChI is InChI=1S/C24H35N5O/c1-20-9-4-6-15-29(20)16-8-14-27-24(25-2)28-18-21-10-7-12-23(17-21)30-19-22-11-3-5-13-26-22/h3,5,7,10-13,17,20H,4,6,8-9,14-16,18-19H2,1-2H3,(H2,25,27,28). The molecular weight excluding hydrogens is 374 g/mol. The predicted molar refractivity (Wildman–Crippen MR) is 123 cm³/mol. The molecule has 0 radical (unpaired) electrons. The number of guanidine groups is 1. The average Bonchev–Trinajstić information content (AvgIpc) is 2.79. The molecule has 0 spiro atoms. The number of nitrogens with zero attached hydrogens (tertiary/aromatic N) is 3. The lowest BCUT2D eigenvalue weighted by Gasteiger charge is -2.33. The van der Waals surface area contributed by atoms with Gasteiger partial charge < -0.3 is 20.3 Å². The van der Waals surface area contributed by atoms with Crippen molar-refractivity contribution in [3.63, 3.8) is 0 Å². The van der Waals surface area contributed by atoms with Crippen molar-refractivity contribution in [3.05, 3.63) is 59.9 Å². The molecule has 1 atom stereocenters. The van der Waals surface area contributed by atoms with E-state index < -0.39 is 0 Å². The van der Waals surface area contributed by atoms with E-state index >= 15 is 0 Å². The summed E-state index contributed by atoms with van der Waals surface area (Å²) in [5.74, 6) is 1.68. The molecule has 1 saturated heterocycles. The normalized spacial score (nSPS) is 17.5. The van der Waals surface area contributed by atoms with Crippen LogP contribution in [-0.4, -0.2) is 48.6 Å². The number of rotatable bonds is 9. The SMILES string of the molecule is CN=C(NCCCN1CCCCC1C)NCc1cccc(OCc2ccccn2)c1. The van der Waals surface area contributed by atoms with Gasteiger partial charge in [-0.05, 0) is 62.6 Å². The van der Waals surface area contributed by atoms with E-state index in [9.17, 15) is 0 Å². The second-order valence-corrected chi connectivity index (χ2v) is 7.84. The van der Waals surface area contributed by atoms with Crippen molar-refractivity contribution in [2.45, 2.75) is 51.8 Å². The quantitative estimate of drug-likeness (QED) is 0.376. The molecule has 1 aromatic heterocycles. The Balaban J connectivity index is 1.38. The zero-order valence-electron chi connectivity index (χ0n) is 18.3. The summed E-state index contributed by atoms with van der Waals surface area (Å²) in [5.41, 5.74) is 2.07. The maximum absolute atomic E-state index is 5.87. The summed E-state index contributed by atoms with van der Waals surface area (Å²) in [7, 11) is 1.81. The van der Waals surface area contributed by atoms with Crippen LogP contribution in [0.25, 0.3) is 0 Å². The Bertz CT molecular complexity index is 780. The Kier molecular flexibility index (Phi) is 8.97. The van der Waals surface area contributed by atoms with E-state index in [2.05, 4.69) is 44.6 Å². The number of ether oxygens (including phenoxy) is 1. The second kappa shape index (κ2) is 12.2. The first-order chi connectivity index (χ1) is 14.7. The van der Waals surface area contributed by atoms with Crippen LogP contribution in [0, 0.1) is 0 Å². The fraction of sp³-hybridized carbons (Fsp3) is 0.500. The lowest BCUT2D eigenvalue weighted by atomic mass is 10.0. The minimum absolute atomic E-state index is 0.469. The van der Waals surface area contributed by atoms with Gasteiger partial charge in [-0.1, -0.05) is 24.6 Å². The van der Waals surface area contributed by atoms with Gasteiger partial charge in [0.15, 0.2) is 5.96 Å². The highest BCUT2D eigenvalue weighted by Crippen LogP contribution is 2.16. The summed E-state index contributed by atoms with van der Waals surface area (Å²) in [6.45, 7) is 6.84. The highest BCUT2D eigenvalue weighted by molar-refractivity contribution is 5.79. The third kappa shape index (κ3) is 7.34. The van der Waals surface area contributed by atoms with Crippen LogP contribution in [0.5, 0.6) is 5.75 Å². The van der Waals surface area contributed by atoms with Gasteiger partial charge in [-0.15, -0.1) is 0 Å². The Morgan fingerprint density at radius 1 is 1.20 bits per heavy atom. The highest BCUT2D eigenvalue weighted by atomic mass is 16.5. The number of aromatic nitrogens is 1. The monoisotopic (exact) mass is 409 g/mol. The molecule has 6 heteroatoms. The van der Waals surface area contributed by atoms with Crippen molar-refractivity contribution in [2.75, 3.05) is 26.7 Å². The van der Waals surface area contributed by atoms with Crippen molar-refractivity contribution in [1.29, 1.82) is 0 Å². The third-order valence-electron chi connectivity index (χ3n) is 5.55. The van der Waals surface area contributed by atoms with Crippen molar-refractivity contribution in [1.82, 2.24) is 20.5 Å². The van der Waals surface area contributed by atoms with E-state index in [4.69, 9.17) is 4.74 Å². The molecule has 3 rings (SSSR count). The van der Waals surface area contributed by atoms with Crippen LogP contribution in [0.1, 0.15) is 43.9 Å². The number of nitrogens with one attached hydrogen (secondary N) is 2. The molecule has 0 saturated carbocycles. The first kappa shape index (κ1) is 22.1. The van der Waals surface area contributed by atoms with Gasteiger partial charge in [0, 0.05) is 38.9 Å². The molecular formula is C24H35N5O. The lowest BCUT2D eigenvalue weighted by Crippen LogP contribution is -2.41. The molecule has 6 nitrogen and oxygen atoms in total. The number of pyridine rings is 1. The smallest absolute Gasteiger partial charge is 0.191 e. The van der Waals surface area contributed by atoms with Gasteiger partial charge in [0.05, 0.1) is 5.69 Å². The number of likely N-dealkylation sites (tertiary alicyclic amines) is 1. The van der Waals surface area contributed by atoms with Gasteiger partial charge in [-0.25, -0.2) is 0 Å². The Morgan fingerprint density at radius 3 is 2.93 bits per heavy atom. The van der Waals surface area contributed by atoms with Crippen LogP contribution in [0.15, 0.2) is 53.7 Å². The number of benzene rings is 1. The van der Waals surface area contributed by atoms with E-state index in [0.29, 0.717) is 13.2 Å². The van der Waals surface area contributed by atoms with Crippen LogP contribution in [0.3, 0.4) is 0 Å². The van der Waals surface area contributed by atoms with Gasteiger partial charge in [-0.2, -0.15) is 0 Å². The minimum atomic E-state index is 0.469. The van der Waals surface area contributed by atoms with Crippen molar-refractivity contribution in [3.8, 4) is 5.75 Å². The van der Waals surface area contributed by atoms with E-state index in [1.165, 1.54) is 25.8 Å². The van der Waals surface area contributed by atoms with Crippen LogP contribution >= 0.6 is 0 Å². The average molecular weight is 410 g/mol. The summed E-state index contributed by atoms with van der Waals surface area (Å²) >= 11 is 0. The summed E-state index contributed by atoms with van der Waals surface area (Å²) in [4.78, 5) is 11.2. The Hall–Kier alpha value is -2.60. The second-order valence-electron chi connectivity index (χ2n) is 7.84. The summed E-state index contributed by atoms with van der Waals surface area (Å²) in [5, 5.41) is 6.82. The molecule has 0 bridgehead atoms. The van der Waals surface area contributed by atoms with Crippen LogP contribution in [0.2, 0.25) is 0 Å². The zero-order valence-corrected chi connectivity index (χ0v) is 18.3. The molecule has 1 aromatic carbocycles. The van der Waals surface area contributed by atoms with Gasteiger partial charge in [-0.3, -0.25) is 9.98 Å². The van der Waals surface area contributed by atoms with E-state index in [-0.39, 0.29) is 0 Å². The lowest BCUT2D eigenvalue weighted by molar-refractivity contribution is 0.159. The molecule has 30 heavy (non-hydrogen) atoms. The van der Waals surface area contributed by atoms with Gasteiger partial charge >= 0.3 is 0 Å². The van der Waals surface area contributed by atoms with Crippen LogP contribution < -0.4 is 15.4 Å². The van der Waals surface area contributed by atoms with Gasteiger partial charge in [0.25, 0.3) is 0 Å². The van der Waals surface area contributed by atoms with E-state index in [1.807, 2.05) is 37.4 Å². The Labute approximate surface area is 180 Å². The predicted octanol–water partition coefficient (Wildman–Crippen LogP) is 3.59. The molecule has 2 aromatic rings. The molecule has 162 valence electrons.